The van der Waals surface area contributed by atoms with Crippen LogP contribution in [-0.4, -0.2) is 62.5 Å². The lowest BCUT2D eigenvalue weighted by Crippen LogP contribution is -2.49. The number of benzene rings is 1. The number of hydrogen-bond acceptors (Lipinski definition) is 9. The van der Waals surface area contributed by atoms with Gasteiger partial charge in [-0.1, -0.05) is 6.92 Å². The Morgan fingerprint density at radius 1 is 1.20 bits per heavy atom. The maximum Gasteiger partial charge on any atom is 0.385 e. The van der Waals surface area contributed by atoms with Gasteiger partial charge in [0, 0.05) is 24.1 Å². The molecular formula is C19H20N2O9. The fourth-order valence-corrected chi connectivity index (χ4v) is 3.11. The number of esters is 2. The van der Waals surface area contributed by atoms with Gasteiger partial charge in [0.1, 0.15) is 0 Å². The molecule has 2 unspecified atom stereocenters. The summed E-state index contributed by atoms with van der Waals surface area (Å²) in [4.78, 5) is 72.6. The third-order valence-corrected chi connectivity index (χ3v) is 4.87. The smallest absolute Gasteiger partial charge is 0.385 e. The maximum absolute atomic E-state index is 12.6. The van der Waals surface area contributed by atoms with Crippen LogP contribution in [0.1, 0.15) is 37.6 Å². The summed E-state index contributed by atoms with van der Waals surface area (Å²) in [7, 11) is 0. The summed E-state index contributed by atoms with van der Waals surface area (Å²) in [6.45, 7) is 4.39. The van der Waals surface area contributed by atoms with Gasteiger partial charge in [0.25, 0.3) is 11.5 Å². The molecule has 1 aliphatic rings. The van der Waals surface area contributed by atoms with Crippen LogP contribution in [0.15, 0.2) is 24.3 Å². The van der Waals surface area contributed by atoms with Gasteiger partial charge in [-0.15, -0.1) is 0 Å². The number of carbonyl (C=O) groups is 5. The topological polar surface area (TPSA) is 161 Å². The second kappa shape index (κ2) is 8.91. The lowest BCUT2D eigenvalue weighted by atomic mass is 9.99. The van der Waals surface area contributed by atoms with Crippen molar-refractivity contribution in [1.29, 1.82) is 0 Å². The number of ketones is 2. The Labute approximate surface area is 170 Å². The number of Topliss-reactive ketones (excluding diaryl/α,β-unsaturated/α-hetero) is 2. The first kappa shape index (κ1) is 22.8. The number of carbonyl (C=O) groups excluding carboxylic acids is 5. The molecule has 1 aromatic rings. The van der Waals surface area contributed by atoms with Crippen LogP contribution < -0.4 is 0 Å². The lowest BCUT2D eigenvalue weighted by molar-refractivity contribution is -0.384. The van der Waals surface area contributed by atoms with E-state index in [1.165, 1.54) is 20.8 Å². The van der Waals surface area contributed by atoms with Crippen molar-refractivity contribution in [1.82, 2.24) is 4.90 Å². The molecule has 4 atom stereocenters. The van der Waals surface area contributed by atoms with Crippen LogP contribution in [0.2, 0.25) is 0 Å². The predicted molar refractivity (Wildman–Crippen MR) is 99.1 cm³/mol. The molecule has 0 aromatic heterocycles. The molecule has 1 heterocycles. The van der Waals surface area contributed by atoms with E-state index < -0.39 is 58.4 Å². The molecule has 11 heteroatoms. The number of likely N-dealkylation sites (tertiary alicyclic amines) is 1. The summed E-state index contributed by atoms with van der Waals surface area (Å²) >= 11 is 0. The number of ether oxygens (including phenoxy) is 1. The van der Waals surface area contributed by atoms with Gasteiger partial charge in [0.15, 0.2) is 11.8 Å². The second-order valence-electron chi connectivity index (χ2n) is 7.03. The first-order valence-electron chi connectivity index (χ1n) is 9.03. The summed E-state index contributed by atoms with van der Waals surface area (Å²) in [5, 5.41) is 20.1. The molecule has 0 spiro atoms. The van der Waals surface area contributed by atoms with Crippen LogP contribution in [-0.2, 0) is 23.9 Å². The minimum Gasteiger partial charge on any atom is -0.393 e. The molecule has 1 aliphatic heterocycles. The zero-order valence-corrected chi connectivity index (χ0v) is 16.4. The molecule has 160 valence electrons. The van der Waals surface area contributed by atoms with Gasteiger partial charge in [-0.3, -0.25) is 24.5 Å². The van der Waals surface area contributed by atoms with E-state index in [1.54, 1.807) is 0 Å². The Kier molecular flexibility index (Phi) is 6.77. The fourth-order valence-electron chi connectivity index (χ4n) is 3.11. The zero-order chi connectivity index (χ0) is 22.7. The maximum atomic E-state index is 12.6. The van der Waals surface area contributed by atoms with Crippen molar-refractivity contribution >= 4 is 35.1 Å². The van der Waals surface area contributed by atoms with E-state index in [9.17, 15) is 39.2 Å². The minimum atomic E-state index is -1.75. The first-order chi connectivity index (χ1) is 14.0. The van der Waals surface area contributed by atoms with Crippen LogP contribution in [0.3, 0.4) is 0 Å². The fraction of sp³-hybridized carbons (Fsp3) is 0.421. The molecule has 0 aliphatic carbocycles. The predicted octanol–water partition coefficient (Wildman–Crippen LogP) is 0.423. The van der Waals surface area contributed by atoms with Crippen molar-refractivity contribution < 1.29 is 38.7 Å². The molecule has 30 heavy (non-hydrogen) atoms. The molecule has 0 radical (unpaired) electrons. The average Bonchev–Trinajstić information content (AvgIpc) is 2.90. The van der Waals surface area contributed by atoms with E-state index in [4.69, 9.17) is 0 Å². The highest BCUT2D eigenvalue weighted by Gasteiger charge is 2.51. The van der Waals surface area contributed by atoms with E-state index >= 15 is 0 Å². The van der Waals surface area contributed by atoms with Gasteiger partial charge in [0.2, 0.25) is 5.91 Å². The van der Waals surface area contributed by atoms with Gasteiger partial charge in [0.05, 0.1) is 23.0 Å². The van der Waals surface area contributed by atoms with E-state index in [0.717, 1.165) is 29.2 Å². The van der Waals surface area contributed by atoms with Crippen molar-refractivity contribution in [2.45, 2.75) is 45.4 Å². The van der Waals surface area contributed by atoms with Gasteiger partial charge in [-0.25, -0.2) is 9.59 Å². The van der Waals surface area contributed by atoms with Gasteiger partial charge < -0.3 is 14.7 Å². The number of nitro groups is 1. The van der Waals surface area contributed by atoms with Crippen LogP contribution in [0, 0.1) is 16.0 Å². The Balaban J connectivity index is 2.18. The highest BCUT2D eigenvalue weighted by atomic mass is 16.6. The summed E-state index contributed by atoms with van der Waals surface area (Å²) < 4.78 is 4.50. The number of aliphatic hydroxyl groups is 1. The van der Waals surface area contributed by atoms with E-state index in [1.807, 2.05) is 0 Å². The van der Waals surface area contributed by atoms with Crippen LogP contribution in [0.4, 0.5) is 5.69 Å². The quantitative estimate of drug-likeness (QED) is 0.226. The first-order valence-corrected chi connectivity index (χ1v) is 9.03. The van der Waals surface area contributed by atoms with Crippen molar-refractivity contribution in [3.05, 3.63) is 39.9 Å². The number of rotatable bonds is 6. The number of nitro benzene ring substituents is 1. The molecule has 1 amide bonds. The Bertz CT molecular complexity index is 907. The number of aliphatic hydroxyl groups excluding tert-OH is 1. The largest absolute Gasteiger partial charge is 0.393 e. The molecule has 1 fully saturated rings. The SMILES string of the molecule is CC1[C@@H](C)C(=O)C(C(=O)C(=O)OC(=O)c2ccc([N+](=O)[O-])cc2)N1C(=O)C[C@@H](C)O. The van der Waals surface area contributed by atoms with E-state index in [2.05, 4.69) is 4.74 Å². The third kappa shape index (κ3) is 4.57. The Morgan fingerprint density at radius 2 is 1.77 bits per heavy atom. The summed E-state index contributed by atoms with van der Waals surface area (Å²) in [6, 6.07) is 1.67. The lowest BCUT2D eigenvalue weighted by Gasteiger charge is -2.27. The van der Waals surface area contributed by atoms with Gasteiger partial charge in [-0.05, 0) is 26.0 Å². The molecule has 0 saturated carbocycles. The van der Waals surface area contributed by atoms with E-state index in [0.29, 0.717) is 0 Å². The van der Waals surface area contributed by atoms with Gasteiger partial charge >= 0.3 is 11.9 Å². The third-order valence-electron chi connectivity index (χ3n) is 4.87. The van der Waals surface area contributed by atoms with Crippen molar-refractivity contribution in [2.75, 3.05) is 0 Å². The molecular weight excluding hydrogens is 400 g/mol. The second-order valence-corrected chi connectivity index (χ2v) is 7.03. The number of hydrogen-bond donors (Lipinski definition) is 1. The molecule has 0 bridgehead atoms. The van der Waals surface area contributed by atoms with Crippen molar-refractivity contribution in [3.63, 3.8) is 0 Å². The zero-order valence-electron chi connectivity index (χ0n) is 16.4. The number of nitrogens with zero attached hydrogens (tertiary/aromatic N) is 2. The average molecular weight is 420 g/mol. The number of amides is 1. The molecule has 11 nitrogen and oxygen atoms in total. The van der Waals surface area contributed by atoms with Gasteiger partial charge in [-0.2, -0.15) is 0 Å². The van der Waals surface area contributed by atoms with Crippen LogP contribution >= 0.6 is 0 Å². The monoisotopic (exact) mass is 420 g/mol. The van der Waals surface area contributed by atoms with Crippen molar-refractivity contribution in [3.8, 4) is 0 Å². The normalized spacial score (nSPS) is 21.8. The summed E-state index contributed by atoms with van der Waals surface area (Å²) in [5.74, 6) is -6.36. The Morgan fingerprint density at radius 3 is 2.27 bits per heavy atom. The summed E-state index contributed by atoms with van der Waals surface area (Å²) in [6.07, 6.45) is -1.38. The highest BCUT2D eigenvalue weighted by molar-refractivity contribution is 6.42. The number of non-ortho nitro benzene ring substituents is 1. The molecule has 1 saturated heterocycles. The summed E-state index contributed by atoms with van der Waals surface area (Å²) in [5.41, 5.74) is -0.510. The van der Waals surface area contributed by atoms with E-state index in [-0.39, 0.29) is 17.7 Å². The molecule has 2 rings (SSSR count). The highest BCUT2D eigenvalue weighted by Crippen LogP contribution is 2.28. The van der Waals surface area contributed by atoms with Crippen LogP contribution in [0.5, 0.6) is 0 Å². The van der Waals surface area contributed by atoms with Crippen LogP contribution in [0.25, 0.3) is 0 Å². The van der Waals surface area contributed by atoms with Crippen molar-refractivity contribution in [2.24, 2.45) is 5.92 Å². The standard InChI is InChI=1S/C19H20N2O9/c1-9(22)8-14(23)20-11(3)10(2)16(24)15(20)17(25)19(27)30-18(26)12-4-6-13(7-5-12)21(28)29/h4-7,9-11,15,22H,8H2,1-3H3/t9-,10-,11?,15?/m1/s1. The molecule has 1 N–H and O–H groups in total. The Hall–Kier alpha value is -3.47. The molecule has 1 aromatic carbocycles. The minimum absolute atomic E-state index is 0.219.